The number of halogens is 3. The summed E-state index contributed by atoms with van der Waals surface area (Å²) in [6.45, 7) is 0. The molecule has 1 aromatic heterocycles. The van der Waals surface area contributed by atoms with Gasteiger partial charge in [-0.05, 0) is 22.0 Å². The van der Waals surface area contributed by atoms with E-state index in [9.17, 15) is 4.39 Å². The Morgan fingerprint density at radius 3 is 2.87 bits per heavy atom. The van der Waals surface area contributed by atoms with E-state index >= 15 is 0 Å². The van der Waals surface area contributed by atoms with Crippen molar-refractivity contribution in [2.75, 3.05) is 7.11 Å². The highest BCUT2D eigenvalue weighted by Crippen LogP contribution is 2.33. The molecule has 0 unspecified atom stereocenters. The molecule has 2 rings (SSSR count). The monoisotopic (exact) mass is 289 g/mol. The highest BCUT2D eigenvalue weighted by molar-refractivity contribution is 9.10. The number of ether oxygens (including phenoxy) is 1. The molecule has 78 valence electrons. The predicted molar refractivity (Wildman–Crippen MR) is 61.0 cm³/mol. The maximum atomic E-state index is 13.3. The summed E-state index contributed by atoms with van der Waals surface area (Å²) in [4.78, 5) is 4.02. The van der Waals surface area contributed by atoms with Crippen LogP contribution in [0.2, 0.25) is 5.02 Å². The van der Waals surface area contributed by atoms with Gasteiger partial charge in [-0.1, -0.05) is 11.6 Å². The van der Waals surface area contributed by atoms with Gasteiger partial charge in [0, 0.05) is 22.1 Å². The van der Waals surface area contributed by atoms with Gasteiger partial charge in [0.2, 0.25) is 0 Å². The van der Waals surface area contributed by atoms with Crippen LogP contribution in [0.5, 0.6) is 5.75 Å². The molecule has 15 heavy (non-hydrogen) atoms. The van der Waals surface area contributed by atoms with Crippen molar-refractivity contribution < 1.29 is 9.13 Å². The van der Waals surface area contributed by atoms with Crippen LogP contribution in [0.15, 0.2) is 22.8 Å². The van der Waals surface area contributed by atoms with Gasteiger partial charge in [0.05, 0.1) is 17.6 Å². The molecule has 0 saturated heterocycles. The van der Waals surface area contributed by atoms with Gasteiger partial charge in [0.25, 0.3) is 0 Å². The minimum Gasteiger partial charge on any atom is -0.494 e. The number of methoxy groups -OCH3 is 1. The minimum atomic E-state index is -0.438. The Hall–Kier alpha value is -0.870. The average molecular weight is 291 g/mol. The summed E-state index contributed by atoms with van der Waals surface area (Å²) in [5.74, 6) is -0.265. The minimum absolute atomic E-state index is 0.173. The van der Waals surface area contributed by atoms with Gasteiger partial charge >= 0.3 is 0 Å². The van der Waals surface area contributed by atoms with E-state index in [1.54, 1.807) is 6.07 Å². The summed E-state index contributed by atoms with van der Waals surface area (Å²) in [7, 11) is 1.41. The molecular weight excluding hydrogens is 284 g/mol. The number of rotatable bonds is 1. The van der Waals surface area contributed by atoms with Crippen molar-refractivity contribution in [3.63, 3.8) is 0 Å². The number of aromatic nitrogens is 1. The van der Waals surface area contributed by atoms with Crippen LogP contribution in [-0.2, 0) is 0 Å². The number of hydrogen-bond donors (Lipinski definition) is 0. The molecule has 0 aliphatic heterocycles. The maximum absolute atomic E-state index is 13.3. The molecule has 0 aliphatic rings. The summed E-state index contributed by atoms with van der Waals surface area (Å²) >= 11 is 9.20. The van der Waals surface area contributed by atoms with E-state index in [1.807, 2.05) is 0 Å². The molecule has 0 N–H and O–H groups in total. The molecule has 0 radical (unpaired) electrons. The van der Waals surface area contributed by atoms with Gasteiger partial charge in [-0.3, -0.25) is 4.98 Å². The van der Waals surface area contributed by atoms with E-state index < -0.39 is 5.82 Å². The summed E-state index contributed by atoms with van der Waals surface area (Å²) < 4.78 is 18.9. The lowest BCUT2D eigenvalue weighted by Crippen LogP contribution is -1.90. The van der Waals surface area contributed by atoms with Crippen LogP contribution in [0.3, 0.4) is 0 Å². The van der Waals surface area contributed by atoms with Crippen molar-refractivity contribution in [3.05, 3.63) is 33.6 Å². The van der Waals surface area contributed by atoms with Crippen molar-refractivity contribution in [2.24, 2.45) is 0 Å². The van der Waals surface area contributed by atoms with Gasteiger partial charge in [-0.2, -0.15) is 0 Å². The molecule has 0 atom stereocenters. The normalized spacial score (nSPS) is 10.7. The lowest BCUT2D eigenvalue weighted by molar-refractivity contribution is 0.387. The van der Waals surface area contributed by atoms with Gasteiger partial charge in [0.15, 0.2) is 11.6 Å². The standard InChI is InChI=1S/C10H6BrClFNO/c1-15-9-2-5-8(3-7(9)13)14-4-6(12)10(5)11/h2-4H,1H3. The molecule has 2 aromatic rings. The fraction of sp³-hybridized carbons (Fsp3) is 0.100. The van der Waals surface area contributed by atoms with Crippen molar-refractivity contribution >= 4 is 38.4 Å². The van der Waals surface area contributed by atoms with Gasteiger partial charge in [-0.15, -0.1) is 0 Å². The molecule has 0 aliphatic carbocycles. The first-order valence-corrected chi connectivity index (χ1v) is 5.28. The zero-order valence-corrected chi connectivity index (χ0v) is 10.1. The van der Waals surface area contributed by atoms with E-state index in [1.165, 1.54) is 19.4 Å². The third-order valence-electron chi connectivity index (χ3n) is 2.03. The van der Waals surface area contributed by atoms with E-state index in [0.717, 1.165) is 5.39 Å². The molecular formula is C10H6BrClFNO. The molecule has 0 bridgehead atoms. The number of benzene rings is 1. The second-order valence-electron chi connectivity index (χ2n) is 2.92. The largest absolute Gasteiger partial charge is 0.494 e. The molecule has 0 saturated carbocycles. The van der Waals surface area contributed by atoms with Crippen LogP contribution >= 0.6 is 27.5 Å². The summed E-state index contributed by atoms with van der Waals surface area (Å²) in [5.41, 5.74) is 0.532. The molecule has 1 aromatic carbocycles. The quantitative estimate of drug-likeness (QED) is 0.797. The van der Waals surface area contributed by atoms with Crippen LogP contribution in [0.25, 0.3) is 10.9 Å². The molecule has 1 heterocycles. The molecule has 0 amide bonds. The highest BCUT2D eigenvalue weighted by Gasteiger charge is 2.10. The van der Waals surface area contributed by atoms with Gasteiger partial charge in [-0.25, -0.2) is 4.39 Å². The second kappa shape index (κ2) is 3.94. The Labute approximate surface area is 99.1 Å². The number of fused-ring (bicyclic) bond motifs is 1. The Morgan fingerprint density at radius 2 is 2.20 bits per heavy atom. The fourth-order valence-corrected chi connectivity index (χ4v) is 1.86. The van der Waals surface area contributed by atoms with Crippen LogP contribution in [-0.4, -0.2) is 12.1 Å². The first-order chi connectivity index (χ1) is 7.13. The number of hydrogen-bond acceptors (Lipinski definition) is 2. The van der Waals surface area contributed by atoms with E-state index in [2.05, 4.69) is 20.9 Å². The maximum Gasteiger partial charge on any atom is 0.167 e. The fourth-order valence-electron chi connectivity index (χ4n) is 1.29. The van der Waals surface area contributed by atoms with Gasteiger partial charge < -0.3 is 4.74 Å². The zero-order valence-electron chi connectivity index (χ0n) is 7.72. The first kappa shape index (κ1) is 10.6. The lowest BCUT2D eigenvalue weighted by atomic mass is 10.2. The summed E-state index contributed by atoms with van der Waals surface area (Å²) in [6, 6.07) is 2.88. The molecule has 0 spiro atoms. The van der Waals surface area contributed by atoms with Crippen LogP contribution < -0.4 is 4.74 Å². The summed E-state index contributed by atoms with van der Waals surface area (Å²) in [6.07, 6.45) is 1.47. The van der Waals surface area contributed by atoms with Crippen molar-refractivity contribution in [1.82, 2.24) is 4.98 Å². The SMILES string of the molecule is COc1cc2c(Br)c(Cl)cnc2cc1F. The van der Waals surface area contributed by atoms with E-state index in [0.29, 0.717) is 15.0 Å². The average Bonchev–Trinajstić information content (AvgIpc) is 2.23. The number of nitrogens with zero attached hydrogens (tertiary/aromatic N) is 1. The Balaban J connectivity index is 2.82. The van der Waals surface area contributed by atoms with Crippen LogP contribution in [0, 0.1) is 5.82 Å². The van der Waals surface area contributed by atoms with Crippen molar-refractivity contribution in [3.8, 4) is 5.75 Å². The first-order valence-electron chi connectivity index (χ1n) is 4.10. The van der Waals surface area contributed by atoms with Gasteiger partial charge in [0.1, 0.15) is 0 Å². The predicted octanol–water partition coefficient (Wildman–Crippen LogP) is 3.80. The summed E-state index contributed by atoms with van der Waals surface area (Å²) in [5, 5.41) is 1.21. The van der Waals surface area contributed by atoms with E-state index in [-0.39, 0.29) is 5.75 Å². The Morgan fingerprint density at radius 1 is 1.47 bits per heavy atom. The van der Waals surface area contributed by atoms with Crippen molar-refractivity contribution in [2.45, 2.75) is 0 Å². The van der Waals surface area contributed by atoms with Crippen LogP contribution in [0.4, 0.5) is 4.39 Å². The third-order valence-corrected chi connectivity index (χ3v) is 3.40. The lowest BCUT2D eigenvalue weighted by Gasteiger charge is -2.06. The second-order valence-corrected chi connectivity index (χ2v) is 4.12. The Bertz CT molecular complexity index is 532. The molecule has 0 fully saturated rings. The third kappa shape index (κ3) is 1.79. The van der Waals surface area contributed by atoms with E-state index in [4.69, 9.17) is 16.3 Å². The topological polar surface area (TPSA) is 22.1 Å². The molecule has 2 nitrogen and oxygen atoms in total. The Kier molecular flexibility index (Phi) is 2.80. The highest BCUT2D eigenvalue weighted by atomic mass is 79.9. The van der Waals surface area contributed by atoms with Crippen molar-refractivity contribution in [1.29, 1.82) is 0 Å². The zero-order chi connectivity index (χ0) is 11.0. The van der Waals surface area contributed by atoms with Crippen LogP contribution in [0.1, 0.15) is 0 Å². The smallest absolute Gasteiger partial charge is 0.167 e. The number of pyridine rings is 1. The molecule has 5 heteroatoms.